The van der Waals surface area contributed by atoms with E-state index in [4.69, 9.17) is 23.2 Å². The van der Waals surface area contributed by atoms with E-state index in [1.165, 1.54) is 22.9 Å². The quantitative estimate of drug-likeness (QED) is 0.226. The molecule has 0 saturated carbocycles. The molecule has 1 aromatic heterocycles. The van der Waals surface area contributed by atoms with Gasteiger partial charge in [-0.05, 0) is 54.1 Å². The summed E-state index contributed by atoms with van der Waals surface area (Å²) in [5.74, 6) is -1.78. The van der Waals surface area contributed by atoms with E-state index in [0.717, 1.165) is 18.2 Å². The number of halogens is 7. The molecule has 13 heteroatoms. The van der Waals surface area contributed by atoms with Crippen LogP contribution in [0.25, 0.3) is 5.69 Å². The van der Waals surface area contributed by atoms with E-state index < -0.39 is 50.5 Å². The van der Waals surface area contributed by atoms with Gasteiger partial charge < -0.3 is 0 Å². The second-order valence-electron chi connectivity index (χ2n) is 9.12. The Balaban J connectivity index is 1.77. The van der Waals surface area contributed by atoms with Gasteiger partial charge in [-0.2, -0.15) is 13.2 Å². The van der Waals surface area contributed by atoms with Crippen LogP contribution < -0.4 is 4.72 Å². The van der Waals surface area contributed by atoms with Crippen molar-refractivity contribution < 1.29 is 30.4 Å². The maximum Gasteiger partial charge on any atom is 0.416 e. The molecule has 0 bridgehead atoms. The molecule has 0 radical (unpaired) electrons. The van der Waals surface area contributed by atoms with Crippen molar-refractivity contribution in [3.05, 3.63) is 111 Å². The van der Waals surface area contributed by atoms with E-state index in [9.17, 15) is 30.4 Å². The van der Waals surface area contributed by atoms with Gasteiger partial charge in [-0.25, -0.2) is 26.9 Å². The Hall–Kier alpha value is -2.99. The van der Waals surface area contributed by atoms with E-state index in [0.29, 0.717) is 28.4 Å². The first-order valence-corrected chi connectivity index (χ1v) is 13.5. The summed E-state index contributed by atoms with van der Waals surface area (Å²) in [6, 6.07) is 11.8. The van der Waals surface area contributed by atoms with Crippen LogP contribution in [0.15, 0.2) is 72.0 Å². The Morgan fingerprint density at radius 1 is 0.897 bits per heavy atom. The van der Waals surface area contributed by atoms with Gasteiger partial charge in [0, 0.05) is 23.2 Å². The zero-order valence-corrected chi connectivity index (χ0v) is 22.7. The molecule has 39 heavy (non-hydrogen) atoms. The number of alkyl halides is 3. The molecule has 0 unspecified atom stereocenters. The fourth-order valence-corrected chi connectivity index (χ4v) is 5.35. The Morgan fingerprint density at radius 2 is 1.54 bits per heavy atom. The summed E-state index contributed by atoms with van der Waals surface area (Å²) in [4.78, 5) is 4.12. The summed E-state index contributed by atoms with van der Waals surface area (Å²) >= 11 is 12.3. The molecule has 3 aromatic carbocycles. The lowest BCUT2D eigenvalue weighted by atomic mass is 9.81. The van der Waals surface area contributed by atoms with Crippen molar-refractivity contribution in [2.45, 2.75) is 37.1 Å². The van der Waals surface area contributed by atoms with Crippen LogP contribution in [-0.4, -0.2) is 18.0 Å². The maximum atomic E-state index is 14.3. The maximum absolute atomic E-state index is 14.3. The minimum absolute atomic E-state index is 0.262. The number of nitrogens with one attached hydrogen (secondary N) is 1. The van der Waals surface area contributed by atoms with Crippen LogP contribution in [0.1, 0.15) is 36.2 Å². The molecule has 0 spiro atoms. The summed E-state index contributed by atoms with van der Waals surface area (Å²) in [6.45, 7) is 2.95. The largest absolute Gasteiger partial charge is 0.416 e. The highest BCUT2D eigenvalue weighted by molar-refractivity contribution is 7.89. The molecule has 0 aliphatic rings. The van der Waals surface area contributed by atoms with Crippen molar-refractivity contribution >= 4 is 33.2 Å². The van der Waals surface area contributed by atoms with E-state index in [1.54, 1.807) is 32.0 Å². The monoisotopic (exact) mass is 603 g/mol. The van der Waals surface area contributed by atoms with E-state index in [-0.39, 0.29) is 16.3 Å². The summed E-state index contributed by atoms with van der Waals surface area (Å²) in [6.07, 6.45) is -3.42. The minimum Gasteiger partial charge on any atom is -0.286 e. The molecule has 0 saturated heterocycles. The number of hydrogen-bond donors (Lipinski definition) is 1. The molecule has 5 nitrogen and oxygen atoms in total. The average molecular weight is 604 g/mol. The summed E-state index contributed by atoms with van der Waals surface area (Å²) in [7, 11) is -4.47. The van der Waals surface area contributed by atoms with Crippen LogP contribution in [0.2, 0.25) is 10.0 Å². The first-order chi connectivity index (χ1) is 18.1. The average Bonchev–Trinajstić information content (AvgIpc) is 3.32. The molecule has 206 valence electrons. The Labute approximate surface area is 231 Å². The van der Waals surface area contributed by atoms with Crippen LogP contribution in [0, 0.1) is 11.6 Å². The van der Waals surface area contributed by atoms with Crippen molar-refractivity contribution in [2.75, 3.05) is 0 Å². The number of rotatable bonds is 7. The van der Waals surface area contributed by atoms with Gasteiger partial charge in [0.25, 0.3) is 10.0 Å². The topological polar surface area (TPSA) is 64.0 Å². The standard InChI is InChI=1S/C26H20Cl2F5N3O2S/c1-25(2,16-5-10-20(27)21(28)11-16)23-14-34-24(36(23)19-8-6-18(29)7-9-19)39(37,38)35-13-15-3-4-17(12-22(15)30)26(31,32)33/h3-12,14,35H,13H2,1-2H3. The molecule has 0 fully saturated rings. The number of nitrogens with zero attached hydrogens (tertiary/aromatic N) is 2. The highest BCUT2D eigenvalue weighted by Crippen LogP contribution is 2.37. The van der Waals surface area contributed by atoms with Crippen molar-refractivity contribution in [1.82, 2.24) is 14.3 Å². The molecular weight excluding hydrogens is 584 g/mol. The van der Waals surface area contributed by atoms with Crippen molar-refractivity contribution in [3.8, 4) is 5.69 Å². The molecule has 0 amide bonds. The van der Waals surface area contributed by atoms with Crippen molar-refractivity contribution in [2.24, 2.45) is 0 Å². The molecule has 0 aliphatic carbocycles. The summed E-state index contributed by atoms with van der Waals surface area (Å²) in [5.41, 5.74) is -1.09. The Bertz CT molecular complexity index is 1640. The molecule has 0 atom stereocenters. The molecule has 4 rings (SSSR count). The third-order valence-corrected chi connectivity index (χ3v) is 8.20. The second kappa shape index (κ2) is 10.5. The summed E-state index contributed by atoms with van der Waals surface area (Å²) in [5, 5.41) is 0.110. The molecule has 1 heterocycles. The first kappa shape index (κ1) is 29.0. The predicted octanol–water partition coefficient (Wildman–Crippen LogP) is 7.28. The SMILES string of the molecule is CC(C)(c1ccc(Cl)c(Cl)c1)c1cnc(S(=O)(=O)NCc2ccc(C(F)(F)F)cc2F)n1-c1ccc(F)cc1. The fraction of sp³-hybridized carbons (Fsp3) is 0.192. The number of benzene rings is 3. The van der Waals surface area contributed by atoms with Crippen LogP contribution in [-0.2, 0) is 28.2 Å². The number of hydrogen-bond acceptors (Lipinski definition) is 3. The zero-order chi connectivity index (χ0) is 28.8. The van der Waals surface area contributed by atoms with Gasteiger partial charge in [0.2, 0.25) is 5.16 Å². The van der Waals surface area contributed by atoms with Gasteiger partial charge in [0.1, 0.15) is 11.6 Å². The lowest BCUT2D eigenvalue weighted by molar-refractivity contribution is -0.137. The molecule has 0 aliphatic heterocycles. The van der Waals surface area contributed by atoms with E-state index in [2.05, 4.69) is 9.71 Å². The summed E-state index contributed by atoms with van der Waals surface area (Å²) < 4.78 is 96.9. The lowest BCUT2D eigenvalue weighted by Crippen LogP contribution is -2.29. The molecular formula is C26H20Cl2F5N3O2S. The number of imidazole rings is 1. The first-order valence-electron chi connectivity index (χ1n) is 11.3. The van der Waals surface area contributed by atoms with E-state index >= 15 is 0 Å². The van der Waals surface area contributed by atoms with Gasteiger partial charge in [-0.3, -0.25) is 4.57 Å². The second-order valence-corrected chi connectivity index (χ2v) is 11.6. The highest BCUT2D eigenvalue weighted by atomic mass is 35.5. The van der Waals surface area contributed by atoms with Gasteiger partial charge in [-0.15, -0.1) is 0 Å². The van der Waals surface area contributed by atoms with Crippen LogP contribution >= 0.6 is 23.2 Å². The fourth-order valence-electron chi connectivity index (χ4n) is 3.94. The van der Waals surface area contributed by atoms with Gasteiger partial charge in [0.05, 0.1) is 27.5 Å². The normalized spacial score (nSPS) is 12.6. The molecule has 4 aromatic rings. The van der Waals surface area contributed by atoms with Gasteiger partial charge in [-0.1, -0.05) is 49.2 Å². The highest BCUT2D eigenvalue weighted by Gasteiger charge is 2.34. The number of aromatic nitrogens is 2. The number of sulfonamides is 1. The molecule has 1 N–H and O–H groups in total. The Kier molecular flexibility index (Phi) is 7.83. The smallest absolute Gasteiger partial charge is 0.286 e. The zero-order valence-electron chi connectivity index (χ0n) is 20.3. The van der Waals surface area contributed by atoms with Crippen LogP contribution in [0.3, 0.4) is 0 Å². The minimum atomic E-state index is -4.75. The lowest BCUT2D eigenvalue weighted by Gasteiger charge is -2.27. The van der Waals surface area contributed by atoms with Crippen LogP contribution in [0.4, 0.5) is 22.0 Å². The third-order valence-electron chi connectivity index (χ3n) is 6.17. The van der Waals surface area contributed by atoms with Crippen LogP contribution in [0.5, 0.6) is 0 Å². The van der Waals surface area contributed by atoms with Crippen molar-refractivity contribution in [1.29, 1.82) is 0 Å². The van der Waals surface area contributed by atoms with Gasteiger partial charge in [0.15, 0.2) is 0 Å². The third kappa shape index (κ3) is 5.96. The van der Waals surface area contributed by atoms with E-state index in [1.807, 2.05) is 0 Å². The van der Waals surface area contributed by atoms with Crippen molar-refractivity contribution in [3.63, 3.8) is 0 Å². The van der Waals surface area contributed by atoms with Gasteiger partial charge >= 0.3 is 6.18 Å². The Morgan fingerprint density at radius 3 is 2.13 bits per heavy atom. The predicted molar refractivity (Wildman–Crippen MR) is 138 cm³/mol.